The Morgan fingerprint density at radius 3 is 2.33 bits per heavy atom. The lowest BCUT2D eigenvalue weighted by molar-refractivity contribution is -0.307. The molecule has 2 aromatic carbocycles. The fourth-order valence-electron chi connectivity index (χ4n) is 4.92. The van der Waals surface area contributed by atoms with E-state index in [-0.39, 0.29) is 24.9 Å². The van der Waals surface area contributed by atoms with Crippen molar-refractivity contribution in [2.75, 3.05) is 0 Å². The van der Waals surface area contributed by atoms with Crippen molar-refractivity contribution in [1.29, 1.82) is 0 Å². The fraction of sp³-hybridized carbons (Fsp3) is 0.281. The lowest BCUT2D eigenvalue weighted by atomic mass is 9.94. The number of carbonyl (C=O) groups is 2. The average Bonchev–Trinajstić information content (AvgIpc) is 3.52. The molecule has 10 heteroatoms. The third-order valence-corrected chi connectivity index (χ3v) is 6.67. The molecule has 42 heavy (non-hydrogen) atoms. The topological polar surface area (TPSA) is 141 Å². The van der Waals surface area contributed by atoms with Crippen molar-refractivity contribution in [3.8, 4) is 22.3 Å². The summed E-state index contributed by atoms with van der Waals surface area (Å²) in [5.74, 6) is -1.60. The summed E-state index contributed by atoms with van der Waals surface area (Å²) in [4.78, 5) is 24.8. The summed E-state index contributed by atoms with van der Waals surface area (Å²) in [6, 6.07) is 16.7. The third-order valence-electron chi connectivity index (χ3n) is 6.67. The van der Waals surface area contributed by atoms with Gasteiger partial charge in [-0.15, -0.1) is 0 Å². The van der Waals surface area contributed by atoms with Crippen molar-refractivity contribution >= 4 is 18.0 Å². The van der Waals surface area contributed by atoms with E-state index < -0.39 is 30.4 Å². The van der Waals surface area contributed by atoms with Gasteiger partial charge in [0.1, 0.15) is 23.0 Å². The molecule has 9 nitrogen and oxygen atoms in total. The maximum Gasteiger partial charge on any atom is 0.268 e. The van der Waals surface area contributed by atoms with E-state index in [1.54, 1.807) is 31.2 Å². The van der Waals surface area contributed by atoms with Crippen molar-refractivity contribution in [3.63, 3.8) is 0 Å². The molecule has 2 aromatic heterocycles. The summed E-state index contributed by atoms with van der Waals surface area (Å²) in [6.45, 7) is 5.71. The quantitative estimate of drug-likeness (QED) is 0.232. The van der Waals surface area contributed by atoms with Crippen molar-refractivity contribution in [3.05, 3.63) is 95.4 Å². The highest BCUT2D eigenvalue weighted by atomic mass is 19.1. The first-order valence-corrected chi connectivity index (χ1v) is 13.6. The van der Waals surface area contributed by atoms with Gasteiger partial charge in [-0.1, -0.05) is 53.7 Å². The number of aromatic nitrogens is 2. The van der Waals surface area contributed by atoms with Crippen LogP contribution >= 0.6 is 0 Å². The maximum absolute atomic E-state index is 14.0. The number of carboxylic acid groups (broad SMARTS) is 1. The Balaban J connectivity index is 1.91. The van der Waals surface area contributed by atoms with Gasteiger partial charge in [-0.3, -0.25) is 4.79 Å². The number of aliphatic hydroxyl groups excluding tert-OH is 2. The number of aliphatic carboxylic acids is 1. The van der Waals surface area contributed by atoms with Gasteiger partial charge >= 0.3 is 0 Å². The van der Waals surface area contributed by atoms with Crippen LogP contribution in [0.4, 0.5) is 4.39 Å². The molecule has 0 unspecified atom stereocenters. The predicted molar refractivity (Wildman–Crippen MR) is 153 cm³/mol. The molecule has 0 fully saturated rings. The zero-order valence-electron chi connectivity index (χ0n) is 23.6. The van der Waals surface area contributed by atoms with E-state index >= 15 is 0 Å². The van der Waals surface area contributed by atoms with Crippen LogP contribution in [0.25, 0.3) is 28.3 Å². The van der Waals surface area contributed by atoms with Crippen LogP contribution in [0.1, 0.15) is 60.4 Å². The van der Waals surface area contributed by atoms with Crippen LogP contribution in [-0.2, 0) is 11.3 Å². The number of carbonyl (C=O) groups excluding carboxylic acids is 2. The number of nitrogens with one attached hydrogen (secondary N) is 1. The van der Waals surface area contributed by atoms with E-state index in [9.17, 15) is 29.3 Å². The monoisotopic (exact) mass is 574 g/mol. The lowest BCUT2D eigenvalue weighted by Gasteiger charge is -2.17. The molecule has 2 atom stereocenters. The van der Waals surface area contributed by atoms with Gasteiger partial charge in [0.25, 0.3) is 5.91 Å². The number of halogens is 1. The highest BCUT2D eigenvalue weighted by Gasteiger charge is 2.29. The van der Waals surface area contributed by atoms with E-state index in [1.807, 2.05) is 48.7 Å². The van der Waals surface area contributed by atoms with E-state index in [1.165, 1.54) is 18.2 Å². The number of rotatable bonds is 12. The van der Waals surface area contributed by atoms with Gasteiger partial charge in [-0.25, -0.2) is 4.39 Å². The Hall–Kier alpha value is -4.54. The number of hydrogen-bond donors (Lipinski definition) is 3. The van der Waals surface area contributed by atoms with E-state index in [0.717, 1.165) is 5.56 Å². The lowest BCUT2D eigenvalue weighted by Crippen LogP contribution is -2.29. The SMILES string of the molecule is Cc1cc(CNC(=O)c2c(-c3ccccc3)c(-c3ccc(F)cc3)c(/C=C/[C@@H](O)C[C@@H](O)CC(=O)[O-])n2C(C)C)no1. The van der Waals surface area contributed by atoms with Gasteiger partial charge < -0.3 is 34.5 Å². The van der Waals surface area contributed by atoms with Crippen LogP contribution < -0.4 is 10.4 Å². The second-order valence-corrected chi connectivity index (χ2v) is 10.3. The zero-order valence-corrected chi connectivity index (χ0v) is 23.6. The van der Waals surface area contributed by atoms with Crippen LogP contribution in [0, 0.1) is 12.7 Å². The molecule has 0 aliphatic rings. The van der Waals surface area contributed by atoms with Crippen molar-refractivity contribution in [2.45, 2.75) is 58.4 Å². The normalized spacial score (nSPS) is 13.0. The third kappa shape index (κ3) is 7.20. The molecule has 0 aliphatic heterocycles. The largest absolute Gasteiger partial charge is 0.550 e. The molecule has 0 bridgehead atoms. The molecule has 0 aliphatic carbocycles. The molecule has 4 aromatic rings. The smallest absolute Gasteiger partial charge is 0.268 e. The summed E-state index contributed by atoms with van der Waals surface area (Å²) in [6.07, 6.45) is -0.252. The van der Waals surface area contributed by atoms with Gasteiger partial charge in [0, 0.05) is 47.7 Å². The number of benzene rings is 2. The van der Waals surface area contributed by atoms with Crippen LogP contribution in [0.5, 0.6) is 0 Å². The second kappa shape index (κ2) is 13.4. The number of hydrogen-bond acceptors (Lipinski definition) is 7. The molecule has 0 saturated carbocycles. The molecule has 0 radical (unpaired) electrons. The molecular weight excluding hydrogens is 541 g/mol. The number of aliphatic hydroxyl groups is 2. The van der Waals surface area contributed by atoms with E-state index in [4.69, 9.17) is 4.52 Å². The summed E-state index contributed by atoms with van der Waals surface area (Å²) in [5, 5.41) is 38.4. The van der Waals surface area contributed by atoms with Gasteiger partial charge in [0.15, 0.2) is 0 Å². The predicted octanol–water partition coefficient (Wildman–Crippen LogP) is 4.03. The average molecular weight is 575 g/mol. The fourth-order valence-corrected chi connectivity index (χ4v) is 4.92. The van der Waals surface area contributed by atoms with Crippen LogP contribution in [0.2, 0.25) is 0 Å². The van der Waals surface area contributed by atoms with Gasteiger partial charge in [0.2, 0.25) is 0 Å². The second-order valence-electron chi connectivity index (χ2n) is 10.3. The van der Waals surface area contributed by atoms with E-state index in [0.29, 0.717) is 39.5 Å². The summed E-state index contributed by atoms with van der Waals surface area (Å²) >= 11 is 0. The molecule has 4 rings (SSSR count). The Bertz CT molecular complexity index is 1560. The van der Waals surface area contributed by atoms with Crippen molar-refractivity contribution in [1.82, 2.24) is 15.0 Å². The Morgan fingerprint density at radius 1 is 1.07 bits per heavy atom. The Kier molecular flexibility index (Phi) is 9.72. The van der Waals surface area contributed by atoms with Crippen molar-refractivity contribution in [2.24, 2.45) is 0 Å². The van der Waals surface area contributed by atoms with E-state index in [2.05, 4.69) is 10.5 Å². The van der Waals surface area contributed by atoms with Gasteiger partial charge in [-0.2, -0.15) is 0 Å². The molecule has 2 heterocycles. The summed E-state index contributed by atoms with van der Waals surface area (Å²) < 4.78 is 21.0. The molecule has 0 saturated heterocycles. The minimum absolute atomic E-state index is 0.125. The first kappa shape index (κ1) is 30.4. The minimum Gasteiger partial charge on any atom is -0.550 e. The molecule has 220 valence electrons. The molecule has 3 N–H and O–H groups in total. The Labute approximate surface area is 242 Å². The highest BCUT2D eigenvalue weighted by molar-refractivity contribution is 6.06. The molecule has 0 spiro atoms. The Morgan fingerprint density at radius 2 is 1.74 bits per heavy atom. The van der Waals surface area contributed by atoms with Crippen molar-refractivity contribution < 1.29 is 33.8 Å². The van der Waals surface area contributed by atoms with Crippen LogP contribution in [0.3, 0.4) is 0 Å². The maximum atomic E-state index is 14.0. The van der Waals surface area contributed by atoms with Gasteiger partial charge in [-0.05, 0) is 50.1 Å². The number of nitrogens with zero attached hydrogens (tertiary/aromatic N) is 2. The summed E-state index contributed by atoms with van der Waals surface area (Å²) in [5.41, 5.74) is 4.10. The summed E-state index contributed by atoms with van der Waals surface area (Å²) in [7, 11) is 0. The first-order valence-electron chi connectivity index (χ1n) is 13.6. The number of amides is 1. The van der Waals surface area contributed by atoms with Crippen LogP contribution in [0.15, 0.2) is 71.3 Å². The first-order chi connectivity index (χ1) is 20.0. The number of aryl methyl sites for hydroxylation is 1. The molecular formula is C32H33FN3O6-. The zero-order chi connectivity index (χ0) is 30.4. The standard InChI is InChI=1S/C32H34FN3O6/c1-19(2)36-27(14-13-25(37)16-26(38)17-28(39)40)29(22-9-11-23(33)12-10-22)30(21-7-5-4-6-8-21)31(36)32(41)34-18-24-15-20(3)42-35-24/h4-15,19,25-26,37-38H,16-18H2,1-3H3,(H,34,41)(H,39,40)/p-1/b14-13+/t25-,26-/m1/s1. The van der Waals surface area contributed by atoms with Crippen LogP contribution in [-0.4, -0.2) is 44.0 Å². The minimum atomic E-state index is -1.42. The highest BCUT2D eigenvalue weighted by Crippen LogP contribution is 2.42. The van der Waals surface area contributed by atoms with Gasteiger partial charge in [0.05, 0.1) is 18.8 Å². The number of carboxylic acids is 1. The molecule has 1 amide bonds.